The zero-order valence-electron chi connectivity index (χ0n) is 12.0. The Bertz CT molecular complexity index is 484. The van der Waals surface area contributed by atoms with Crippen molar-refractivity contribution >= 4 is 11.6 Å². The maximum atomic E-state index is 13.5. The topological polar surface area (TPSA) is 58.4 Å². The molecule has 0 spiro atoms. The third-order valence-corrected chi connectivity index (χ3v) is 4.13. The first kappa shape index (κ1) is 14.8. The van der Waals surface area contributed by atoms with Gasteiger partial charge in [0, 0.05) is 30.7 Å². The minimum absolute atomic E-state index is 0.0307. The molecule has 0 aromatic heterocycles. The number of hydrogen-bond acceptors (Lipinski definition) is 3. The Balaban J connectivity index is 2.19. The molecule has 0 aliphatic carbocycles. The van der Waals surface area contributed by atoms with Gasteiger partial charge in [0.05, 0.1) is 0 Å². The number of amides is 1. The molecular formula is C15H22FN3O. The molecule has 0 bridgehead atoms. The molecule has 3 N–H and O–H groups in total. The summed E-state index contributed by atoms with van der Waals surface area (Å²) in [7, 11) is 1.86. The molecular weight excluding hydrogens is 257 g/mol. The smallest absolute Gasteiger partial charge is 0.220 e. The Labute approximate surface area is 119 Å². The number of halogens is 1. The van der Waals surface area contributed by atoms with Gasteiger partial charge in [0.25, 0.3) is 0 Å². The Morgan fingerprint density at radius 2 is 2.10 bits per heavy atom. The van der Waals surface area contributed by atoms with Gasteiger partial charge >= 0.3 is 0 Å². The fourth-order valence-corrected chi connectivity index (χ4v) is 2.72. The van der Waals surface area contributed by atoms with Gasteiger partial charge in [-0.05, 0) is 50.6 Å². The summed E-state index contributed by atoms with van der Waals surface area (Å²) in [4.78, 5) is 13.4. The molecule has 1 aliphatic rings. The lowest BCUT2D eigenvalue weighted by molar-refractivity contribution is -0.122. The van der Waals surface area contributed by atoms with Gasteiger partial charge in [-0.2, -0.15) is 0 Å². The van der Waals surface area contributed by atoms with E-state index in [1.54, 1.807) is 6.07 Å². The van der Waals surface area contributed by atoms with Crippen molar-refractivity contribution in [1.82, 2.24) is 5.32 Å². The van der Waals surface area contributed by atoms with Crippen LogP contribution in [0.4, 0.5) is 10.1 Å². The second-order valence-corrected chi connectivity index (χ2v) is 5.38. The molecule has 1 aliphatic heterocycles. The van der Waals surface area contributed by atoms with Crippen LogP contribution in [0.5, 0.6) is 0 Å². The summed E-state index contributed by atoms with van der Waals surface area (Å²) < 4.78 is 13.5. The Kier molecular flexibility index (Phi) is 4.60. The highest BCUT2D eigenvalue weighted by Crippen LogP contribution is 2.30. The maximum absolute atomic E-state index is 13.5. The molecule has 1 aromatic rings. The molecule has 1 unspecified atom stereocenters. The number of nitrogens with one attached hydrogen (secondary N) is 1. The number of nitrogens with zero attached hydrogens (tertiary/aromatic N) is 1. The largest absolute Gasteiger partial charge is 0.371 e. The molecule has 1 amide bonds. The van der Waals surface area contributed by atoms with Gasteiger partial charge in [-0.3, -0.25) is 4.79 Å². The van der Waals surface area contributed by atoms with Crippen LogP contribution in [-0.2, 0) is 4.79 Å². The summed E-state index contributed by atoms with van der Waals surface area (Å²) in [5.74, 6) is -0.470. The van der Waals surface area contributed by atoms with Crippen LogP contribution in [0, 0.1) is 11.7 Å². The third kappa shape index (κ3) is 3.10. The standard InChI is InChI=1S/C15H22FN3O/c1-10(18-2)13-9-12(16)3-4-14(13)19-7-5-11(6-8-19)15(17)20/h3-4,9-11,18H,5-8H2,1-2H3,(H2,17,20). The van der Waals surface area contributed by atoms with Crippen molar-refractivity contribution in [2.45, 2.75) is 25.8 Å². The van der Waals surface area contributed by atoms with E-state index < -0.39 is 0 Å². The van der Waals surface area contributed by atoms with Crippen molar-refractivity contribution in [3.05, 3.63) is 29.6 Å². The summed E-state index contributed by atoms with van der Waals surface area (Å²) in [5, 5.41) is 3.15. The Hall–Kier alpha value is -1.62. The average Bonchev–Trinajstić information content (AvgIpc) is 2.46. The molecule has 2 rings (SSSR count). The molecule has 4 nitrogen and oxygen atoms in total. The highest BCUT2D eigenvalue weighted by molar-refractivity contribution is 5.77. The number of carbonyl (C=O) groups excluding carboxylic acids is 1. The Morgan fingerprint density at radius 1 is 1.45 bits per heavy atom. The van der Waals surface area contributed by atoms with Crippen molar-refractivity contribution in [2.24, 2.45) is 11.7 Å². The zero-order valence-corrected chi connectivity index (χ0v) is 12.0. The predicted molar refractivity (Wildman–Crippen MR) is 78.0 cm³/mol. The highest BCUT2D eigenvalue weighted by Gasteiger charge is 2.25. The third-order valence-electron chi connectivity index (χ3n) is 4.13. The van der Waals surface area contributed by atoms with Crippen LogP contribution in [-0.4, -0.2) is 26.0 Å². The molecule has 1 aromatic carbocycles. The van der Waals surface area contributed by atoms with Crippen LogP contribution < -0.4 is 16.0 Å². The summed E-state index contributed by atoms with van der Waals surface area (Å²) in [5.41, 5.74) is 7.34. The maximum Gasteiger partial charge on any atom is 0.220 e. The quantitative estimate of drug-likeness (QED) is 0.883. The lowest BCUT2D eigenvalue weighted by atomic mass is 9.94. The zero-order chi connectivity index (χ0) is 14.7. The van der Waals surface area contributed by atoms with Crippen molar-refractivity contribution in [3.8, 4) is 0 Å². The number of hydrogen-bond donors (Lipinski definition) is 2. The first-order chi connectivity index (χ1) is 9.52. The molecule has 1 saturated heterocycles. The van der Waals surface area contributed by atoms with Gasteiger partial charge in [-0.15, -0.1) is 0 Å². The fraction of sp³-hybridized carbons (Fsp3) is 0.533. The molecule has 0 radical (unpaired) electrons. The molecule has 0 saturated carbocycles. The molecule has 1 heterocycles. The van der Waals surface area contributed by atoms with Crippen LogP contribution in [0.3, 0.4) is 0 Å². The summed E-state index contributed by atoms with van der Waals surface area (Å²) in [6.07, 6.45) is 1.53. The second-order valence-electron chi connectivity index (χ2n) is 5.38. The van der Waals surface area contributed by atoms with Gasteiger partial charge < -0.3 is 16.0 Å². The van der Waals surface area contributed by atoms with E-state index in [0.717, 1.165) is 37.2 Å². The van der Waals surface area contributed by atoms with Crippen molar-refractivity contribution in [1.29, 1.82) is 0 Å². The van der Waals surface area contributed by atoms with Crippen LogP contribution in [0.25, 0.3) is 0 Å². The van der Waals surface area contributed by atoms with Crippen molar-refractivity contribution in [2.75, 3.05) is 25.0 Å². The number of benzene rings is 1. The normalized spacial score (nSPS) is 18.1. The first-order valence-electron chi connectivity index (χ1n) is 7.04. The number of piperidine rings is 1. The fourth-order valence-electron chi connectivity index (χ4n) is 2.72. The van der Waals surface area contributed by atoms with Crippen LogP contribution in [0.1, 0.15) is 31.4 Å². The van der Waals surface area contributed by atoms with Gasteiger partial charge in [-0.1, -0.05) is 0 Å². The lowest BCUT2D eigenvalue weighted by Gasteiger charge is -2.34. The number of nitrogens with two attached hydrogens (primary N) is 1. The second kappa shape index (κ2) is 6.22. The van der Waals surface area contributed by atoms with E-state index in [-0.39, 0.29) is 23.7 Å². The highest BCUT2D eigenvalue weighted by atomic mass is 19.1. The molecule has 1 atom stereocenters. The van der Waals surface area contributed by atoms with Gasteiger partial charge in [0.15, 0.2) is 0 Å². The molecule has 1 fully saturated rings. The van der Waals surface area contributed by atoms with Crippen molar-refractivity contribution < 1.29 is 9.18 Å². The van der Waals surface area contributed by atoms with E-state index >= 15 is 0 Å². The van der Waals surface area contributed by atoms with E-state index in [4.69, 9.17) is 5.73 Å². The summed E-state index contributed by atoms with van der Waals surface area (Å²) >= 11 is 0. The van der Waals surface area contributed by atoms with Crippen LogP contribution in [0.2, 0.25) is 0 Å². The number of carbonyl (C=O) groups is 1. The molecule has 5 heteroatoms. The predicted octanol–water partition coefficient (Wildman–Crippen LogP) is 1.81. The summed E-state index contributed by atoms with van der Waals surface area (Å²) in [6.45, 7) is 3.57. The lowest BCUT2D eigenvalue weighted by Crippen LogP contribution is -2.39. The van der Waals surface area contributed by atoms with E-state index in [0.29, 0.717) is 0 Å². The van der Waals surface area contributed by atoms with Crippen LogP contribution in [0.15, 0.2) is 18.2 Å². The number of anilines is 1. The first-order valence-corrected chi connectivity index (χ1v) is 7.04. The number of rotatable bonds is 4. The van der Waals surface area contributed by atoms with E-state index in [1.807, 2.05) is 20.0 Å². The minimum Gasteiger partial charge on any atom is -0.371 e. The van der Waals surface area contributed by atoms with Gasteiger partial charge in [-0.25, -0.2) is 4.39 Å². The minimum atomic E-state index is -0.224. The monoisotopic (exact) mass is 279 g/mol. The van der Waals surface area contributed by atoms with Crippen molar-refractivity contribution in [3.63, 3.8) is 0 Å². The SMILES string of the molecule is CNC(C)c1cc(F)ccc1N1CCC(C(N)=O)CC1. The van der Waals surface area contributed by atoms with E-state index in [2.05, 4.69) is 10.2 Å². The Morgan fingerprint density at radius 3 is 2.65 bits per heavy atom. The van der Waals surface area contributed by atoms with E-state index in [9.17, 15) is 9.18 Å². The van der Waals surface area contributed by atoms with Gasteiger partial charge in [0.1, 0.15) is 5.82 Å². The van der Waals surface area contributed by atoms with E-state index in [1.165, 1.54) is 6.07 Å². The number of primary amides is 1. The van der Waals surface area contributed by atoms with Gasteiger partial charge in [0.2, 0.25) is 5.91 Å². The molecule has 20 heavy (non-hydrogen) atoms. The van der Waals surface area contributed by atoms with Crippen LogP contribution >= 0.6 is 0 Å². The molecule has 110 valence electrons. The average molecular weight is 279 g/mol. The summed E-state index contributed by atoms with van der Waals surface area (Å²) in [6, 6.07) is 4.97.